The molecule has 1 heterocycles. The number of aliphatic carboxylic acids is 1. The minimum absolute atomic E-state index is 0.255. The monoisotopic (exact) mass is 359 g/mol. The third-order valence-electron chi connectivity index (χ3n) is 4.85. The second kappa shape index (κ2) is 7.27. The number of nitrogens with zero attached hydrogens (tertiary/aromatic N) is 2. The van der Waals surface area contributed by atoms with Gasteiger partial charge in [0.05, 0.1) is 11.6 Å². The molecule has 0 bridgehead atoms. The molecule has 0 saturated heterocycles. The molecule has 3 rings (SSSR count). The van der Waals surface area contributed by atoms with Crippen LogP contribution in [0, 0.1) is 31.5 Å². The Balaban J connectivity index is 1.72. The Bertz CT molecular complexity index is 847. The van der Waals surface area contributed by atoms with Crippen LogP contribution in [0.1, 0.15) is 37.1 Å². The minimum atomic E-state index is -0.859. The lowest BCUT2D eigenvalue weighted by Crippen LogP contribution is -2.31. The Morgan fingerprint density at radius 2 is 1.96 bits per heavy atom. The largest absolute Gasteiger partial charge is 0.481 e. The summed E-state index contributed by atoms with van der Waals surface area (Å²) in [6.45, 7) is 3.68. The maximum absolute atomic E-state index is 14.5. The third-order valence-corrected chi connectivity index (χ3v) is 4.85. The molecule has 2 aromatic rings. The van der Waals surface area contributed by atoms with Crippen LogP contribution in [0.2, 0.25) is 0 Å². The van der Waals surface area contributed by atoms with Gasteiger partial charge >= 0.3 is 5.97 Å². The third kappa shape index (κ3) is 3.76. The zero-order valence-corrected chi connectivity index (χ0v) is 14.8. The van der Waals surface area contributed by atoms with Crippen LogP contribution >= 0.6 is 0 Å². The number of carboxylic acids is 1. The fourth-order valence-electron chi connectivity index (χ4n) is 3.53. The van der Waals surface area contributed by atoms with Crippen LogP contribution in [0.15, 0.2) is 24.3 Å². The van der Waals surface area contributed by atoms with Gasteiger partial charge in [0.1, 0.15) is 5.69 Å². The molecule has 1 aliphatic carbocycles. The first-order valence-electron chi connectivity index (χ1n) is 8.72. The van der Waals surface area contributed by atoms with Crippen molar-refractivity contribution in [3.8, 4) is 5.69 Å². The molecule has 1 aromatic carbocycles. The van der Waals surface area contributed by atoms with E-state index in [0.29, 0.717) is 37.1 Å². The van der Waals surface area contributed by atoms with Gasteiger partial charge in [-0.25, -0.2) is 9.07 Å². The Hall–Kier alpha value is -2.70. The van der Waals surface area contributed by atoms with Gasteiger partial charge in [-0.2, -0.15) is 5.10 Å². The van der Waals surface area contributed by atoms with Crippen molar-refractivity contribution in [1.29, 1.82) is 0 Å². The van der Waals surface area contributed by atoms with Gasteiger partial charge in [0.15, 0.2) is 5.82 Å². The lowest BCUT2D eigenvalue weighted by Gasteiger charge is -2.25. The van der Waals surface area contributed by atoms with Crippen molar-refractivity contribution in [2.24, 2.45) is 11.8 Å². The van der Waals surface area contributed by atoms with Gasteiger partial charge in [0.25, 0.3) is 0 Å². The van der Waals surface area contributed by atoms with E-state index >= 15 is 0 Å². The number of rotatable bonds is 4. The van der Waals surface area contributed by atoms with Gasteiger partial charge in [-0.1, -0.05) is 6.42 Å². The highest BCUT2D eigenvalue weighted by atomic mass is 19.1. The van der Waals surface area contributed by atoms with Gasteiger partial charge in [0.2, 0.25) is 5.91 Å². The molecule has 0 aliphatic heterocycles. The predicted octanol–water partition coefficient (Wildman–Crippen LogP) is 3.46. The summed E-state index contributed by atoms with van der Waals surface area (Å²) in [7, 11) is 0. The van der Waals surface area contributed by atoms with Gasteiger partial charge < -0.3 is 10.4 Å². The van der Waals surface area contributed by atoms with Gasteiger partial charge in [-0.3, -0.25) is 9.59 Å². The summed E-state index contributed by atoms with van der Waals surface area (Å²) < 4.78 is 16.0. The standard InChI is InChI=1S/C19H22FN3O3/c1-11-8-12(2)23(22-11)17-7-6-15(10-16(17)20)21-18(24)13-4-3-5-14(9-13)19(25)26/h6-8,10,13-14H,3-5,9H2,1-2H3,(H,21,24)(H,25,26). The second-order valence-corrected chi connectivity index (χ2v) is 6.89. The SMILES string of the molecule is Cc1cc(C)n(-c2ccc(NC(=O)C3CCCC(C(=O)O)C3)cc2F)n1. The number of carbonyl (C=O) groups excluding carboxylic acids is 1. The molecule has 2 unspecified atom stereocenters. The van der Waals surface area contributed by atoms with Crippen molar-refractivity contribution >= 4 is 17.6 Å². The maximum Gasteiger partial charge on any atom is 0.306 e. The minimum Gasteiger partial charge on any atom is -0.481 e. The van der Waals surface area contributed by atoms with Gasteiger partial charge in [0, 0.05) is 17.3 Å². The molecule has 6 nitrogen and oxygen atoms in total. The number of hydrogen-bond donors (Lipinski definition) is 2. The molecule has 7 heteroatoms. The summed E-state index contributed by atoms with van der Waals surface area (Å²) in [5, 5.41) is 16.1. The summed E-state index contributed by atoms with van der Waals surface area (Å²) in [6, 6.07) is 6.33. The van der Waals surface area contributed by atoms with E-state index in [1.165, 1.54) is 10.7 Å². The van der Waals surface area contributed by atoms with E-state index in [0.717, 1.165) is 11.4 Å². The molecule has 1 fully saturated rings. The van der Waals surface area contributed by atoms with Crippen LogP contribution in [0.5, 0.6) is 0 Å². The number of hydrogen-bond acceptors (Lipinski definition) is 3. The average molecular weight is 359 g/mol. The Labute approximate surface area is 151 Å². The smallest absolute Gasteiger partial charge is 0.306 e. The van der Waals surface area contributed by atoms with Crippen LogP contribution in [-0.4, -0.2) is 26.8 Å². The van der Waals surface area contributed by atoms with E-state index in [4.69, 9.17) is 5.11 Å². The highest BCUT2D eigenvalue weighted by molar-refractivity contribution is 5.93. The van der Waals surface area contributed by atoms with Crippen molar-refractivity contribution in [3.05, 3.63) is 41.5 Å². The highest BCUT2D eigenvalue weighted by Crippen LogP contribution is 2.30. The van der Waals surface area contributed by atoms with Crippen LogP contribution < -0.4 is 5.32 Å². The Morgan fingerprint density at radius 3 is 2.58 bits per heavy atom. The molecule has 1 aliphatic rings. The summed E-state index contributed by atoms with van der Waals surface area (Å²) in [6.07, 6.45) is 2.29. The van der Waals surface area contributed by atoms with E-state index in [-0.39, 0.29) is 11.8 Å². The second-order valence-electron chi connectivity index (χ2n) is 6.89. The molecule has 2 N–H and O–H groups in total. The molecule has 2 atom stereocenters. The quantitative estimate of drug-likeness (QED) is 0.876. The van der Waals surface area contributed by atoms with E-state index in [9.17, 15) is 14.0 Å². The summed E-state index contributed by atoms with van der Waals surface area (Å²) in [4.78, 5) is 23.6. The zero-order chi connectivity index (χ0) is 18.8. The topological polar surface area (TPSA) is 84.2 Å². The number of nitrogens with one attached hydrogen (secondary N) is 1. The fourth-order valence-corrected chi connectivity index (χ4v) is 3.53. The van der Waals surface area contributed by atoms with Gasteiger partial charge in [-0.05, 0) is 57.4 Å². The normalized spacial score (nSPS) is 20.0. The Kier molecular flexibility index (Phi) is 5.06. The Morgan fingerprint density at radius 1 is 1.23 bits per heavy atom. The lowest BCUT2D eigenvalue weighted by molar-refractivity contribution is -0.143. The number of aryl methyl sites for hydroxylation is 2. The zero-order valence-electron chi connectivity index (χ0n) is 14.8. The number of carboxylic acid groups (broad SMARTS) is 1. The number of aromatic nitrogens is 2. The van der Waals surface area contributed by atoms with E-state index in [1.54, 1.807) is 12.1 Å². The van der Waals surface area contributed by atoms with Crippen molar-refractivity contribution in [2.75, 3.05) is 5.32 Å². The molecule has 1 saturated carbocycles. The molecule has 1 amide bonds. The molecule has 138 valence electrons. The van der Waals surface area contributed by atoms with Crippen LogP contribution in [-0.2, 0) is 9.59 Å². The van der Waals surface area contributed by atoms with Crippen LogP contribution in [0.3, 0.4) is 0 Å². The molecular formula is C19H22FN3O3. The summed E-state index contributed by atoms with van der Waals surface area (Å²) in [5.74, 6) is -2.44. The highest BCUT2D eigenvalue weighted by Gasteiger charge is 2.31. The van der Waals surface area contributed by atoms with Gasteiger partial charge in [-0.15, -0.1) is 0 Å². The lowest BCUT2D eigenvalue weighted by atomic mass is 9.81. The number of carbonyl (C=O) groups is 2. The van der Waals surface area contributed by atoms with E-state index < -0.39 is 17.7 Å². The number of anilines is 1. The average Bonchev–Trinajstić information content (AvgIpc) is 2.93. The number of halogens is 1. The summed E-state index contributed by atoms with van der Waals surface area (Å²) in [5.41, 5.74) is 2.29. The van der Waals surface area contributed by atoms with Crippen LogP contribution in [0.4, 0.5) is 10.1 Å². The first kappa shape index (κ1) is 18.1. The van der Waals surface area contributed by atoms with E-state index in [2.05, 4.69) is 10.4 Å². The molecular weight excluding hydrogens is 337 g/mol. The molecule has 0 radical (unpaired) electrons. The van der Waals surface area contributed by atoms with Crippen LogP contribution in [0.25, 0.3) is 5.69 Å². The first-order valence-corrected chi connectivity index (χ1v) is 8.72. The van der Waals surface area contributed by atoms with Crippen molar-refractivity contribution < 1.29 is 19.1 Å². The number of benzene rings is 1. The maximum atomic E-state index is 14.5. The molecule has 1 aromatic heterocycles. The van der Waals surface area contributed by atoms with Crippen molar-refractivity contribution in [1.82, 2.24) is 9.78 Å². The fraction of sp³-hybridized carbons (Fsp3) is 0.421. The first-order chi connectivity index (χ1) is 12.3. The summed E-state index contributed by atoms with van der Waals surface area (Å²) >= 11 is 0. The van der Waals surface area contributed by atoms with Crippen molar-refractivity contribution in [2.45, 2.75) is 39.5 Å². The molecule has 26 heavy (non-hydrogen) atoms. The molecule has 0 spiro atoms. The number of amides is 1. The predicted molar refractivity (Wildman–Crippen MR) is 94.7 cm³/mol. The van der Waals surface area contributed by atoms with Crippen molar-refractivity contribution in [3.63, 3.8) is 0 Å². The van der Waals surface area contributed by atoms with E-state index in [1.807, 2.05) is 19.9 Å².